The van der Waals surface area contributed by atoms with Crippen LogP contribution in [0.15, 0.2) is 77.7 Å². The molecule has 0 saturated carbocycles. The highest BCUT2D eigenvalue weighted by Gasteiger charge is 2.39. The second-order valence-electron chi connectivity index (χ2n) is 8.20. The Morgan fingerprint density at radius 1 is 1.09 bits per heavy atom. The highest BCUT2D eigenvalue weighted by Crippen LogP contribution is 2.50. The molecule has 0 spiro atoms. The van der Waals surface area contributed by atoms with E-state index in [-0.39, 0.29) is 34.3 Å². The highest BCUT2D eigenvalue weighted by atomic mass is 35.5. The molecule has 0 bridgehead atoms. The highest BCUT2D eigenvalue weighted by molar-refractivity contribution is 7.92. The summed E-state index contributed by atoms with van der Waals surface area (Å²) in [6.07, 6.45) is 4.95. The number of sulfonamides is 1. The number of anilines is 2. The Morgan fingerprint density at radius 3 is 2.70 bits per heavy atom. The minimum atomic E-state index is -3.90. The van der Waals surface area contributed by atoms with Gasteiger partial charge in [-0.2, -0.15) is 0 Å². The number of fused-ring (bicyclic) bond motifs is 3. The molecule has 1 heterocycles. The van der Waals surface area contributed by atoms with E-state index < -0.39 is 10.0 Å². The van der Waals surface area contributed by atoms with Crippen LogP contribution in [0.25, 0.3) is 0 Å². The van der Waals surface area contributed by atoms with E-state index in [1.165, 1.54) is 19.2 Å². The van der Waals surface area contributed by atoms with Gasteiger partial charge in [0.2, 0.25) is 0 Å². The van der Waals surface area contributed by atoms with Crippen LogP contribution in [0.2, 0.25) is 5.02 Å². The second kappa shape index (κ2) is 8.39. The lowest BCUT2D eigenvalue weighted by molar-refractivity contribution is 0.413. The summed E-state index contributed by atoms with van der Waals surface area (Å²) in [6.45, 7) is 0. The fraction of sp³-hybridized carbons (Fsp3) is 0.200. The minimum absolute atomic E-state index is 0.0123. The number of methoxy groups -OCH3 is 1. The van der Waals surface area contributed by atoms with Gasteiger partial charge in [-0.3, -0.25) is 4.72 Å². The third-order valence-corrected chi connectivity index (χ3v) is 7.89. The zero-order valence-corrected chi connectivity index (χ0v) is 19.3. The zero-order chi connectivity index (χ0) is 23.2. The Balaban J connectivity index is 1.51. The summed E-state index contributed by atoms with van der Waals surface area (Å²) in [5.41, 5.74) is 2.56. The van der Waals surface area contributed by atoms with Gasteiger partial charge in [0.1, 0.15) is 11.6 Å². The third kappa shape index (κ3) is 3.96. The van der Waals surface area contributed by atoms with Crippen LogP contribution in [0.4, 0.5) is 15.8 Å². The van der Waals surface area contributed by atoms with Crippen LogP contribution in [0.3, 0.4) is 0 Å². The summed E-state index contributed by atoms with van der Waals surface area (Å²) in [5.74, 6) is 0.201. The lowest BCUT2D eigenvalue weighted by Crippen LogP contribution is -2.30. The number of benzene rings is 3. The maximum atomic E-state index is 14.6. The molecule has 1 aliphatic heterocycles. The van der Waals surface area contributed by atoms with E-state index in [0.29, 0.717) is 16.3 Å². The van der Waals surface area contributed by atoms with Crippen LogP contribution in [-0.2, 0) is 10.0 Å². The second-order valence-corrected chi connectivity index (χ2v) is 10.3. The van der Waals surface area contributed by atoms with Crippen molar-refractivity contribution in [3.63, 3.8) is 0 Å². The van der Waals surface area contributed by atoms with E-state index in [0.717, 1.165) is 17.7 Å². The van der Waals surface area contributed by atoms with Crippen LogP contribution in [-0.4, -0.2) is 15.5 Å². The average Bonchev–Trinajstić information content (AvgIpc) is 3.29. The topological polar surface area (TPSA) is 67.4 Å². The van der Waals surface area contributed by atoms with Gasteiger partial charge in [0.05, 0.1) is 23.7 Å². The molecule has 5 nitrogen and oxygen atoms in total. The number of ether oxygens (including phenoxy) is 1. The average molecular weight is 485 g/mol. The number of halogens is 2. The minimum Gasteiger partial charge on any atom is -0.495 e. The van der Waals surface area contributed by atoms with E-state index in [1.807, 2.05) is 6.07 Å². The van der Waals surface area contributed by atoms with E-state index >= 15 is 0 Å². The molecule has 3 aromatic rings. The summed E-state index contributed by atoms with van der Waals surface area (Å²) in [7, 11) is -2.44. The van der Waals surface area contributed by atoms with Gasteiger partial charge >= 0.3 is 0 Å². The van der Waals surface area contributed by atoms with Gasteiger partial charge < -0.3 is 10.1 Å². The smallest absolute Gasteiger partial charge is 0.262 e. The molecule has 8 heteroatoms. The molecule has 2 aliphatic rings. The molecule has 5 rings (SSSR count). The number of nitrogens with one attached hydrogen (secondary N) is 2. The predicted octanol–water partition coefficient (Wildman–Crippen LogP) is 6.12. The SMILES string of the molecule is COc1ccc(Cl)cc1NS(=O)(=O)c1ccc2c(c1)[C@H]1C=CC[C@H]1[C@@H](c1ccccc1F)N2. The molecule has 3 atom stereocenters. The van der Waals surface area contributed by atoms with Crippen molar-refractivity contribution in [3.8, 4) is 5.75 Å². The molecular formula is C25H22ClFN2O3S. The maximum absolute atomic E-state index is 14.6. The number of hydrogen-bond donors (Lipinski definition) is 2. The van der Waals surface area contributed by atoms with Gasteiger partial charge in [-0.25, -0.2) is 12.8 Å². The van der Waals surface area contributed by atoms with Crippen LogP contribution in [0.1, 0.15) is 29.5 Å². The largest absolute Gasteiger partial charge is 0.495 e. The number of hydrogen-bond acceptors (Lipinski definition) is 4. The summed E-state index contributed by atoms with van der Waals surface area (Å²) in [4.78, 5) is 0.133. The molecule has 0 saturated heterocycles. The van der Waals surface area contributed by atoms with Crippen molar-refractivity contribution in [2.45, 2.75) is 23.3 Å². The first-order chi connectivity index (χ1) is 15.9. The summed E-state index contributed by atoms with van der Waals surface area (Å²) in [6, 6.07) is 16.3. The molecule has 0 unspecified atom stereocenters. The zero-order valence-electron chi connectivity index (χ0n) is 17.8. The number of allylic oxidation sites excluding steroid dienone is 2. The molecule has 0 amide bonds. The van der Waals surface area contributed by atoms with E-state index in [9.17, 15) is 12.8 Å². The maximum Gasteiger partial charge on any atom is 0.262 e. The Labute approximate surface area is 197 Å². The van der Waals surface area contributed by atoms with Crippen molar-refractivity contribution >= 4 is 33.0 Å². The summed E-state index contributed by atoms with van der Waals surface area (Å²) >= 11 is 6.05. The van der Waals surface area contributed by atoms with Gasteiger partial charge in [0.25, 0.3) is 10.0 Å². The Morgan fingerprint density at radius 2 is 1.91 bits per heavy atom. The van der Waals surface area contributed by atoms with E-state index in [1.54, 1.807) is 42.5 Å². The Hall–Kier alpha value is -3.03. The third-order valence-electron chi connectivity index (χ3n) is 6.29. The van der Waals surface area contributed by atoms with Gasteiger partial charge in [-0.1, -0.05) is 42.0 Å². The molecule has 0 aromatic heterocycles. The lowest BCUT2D eigenvalue weighted by Gasteiger charge is -2.37. The quantitative estimate of drug-likeness (QED) is 0.428. The standard InChI is InChI=1S/C25H22ClFN2O3S/c1-32-24-12-9-15(26)13-23(24)29-33(30,31)16-10-11-22-20(14-16)17-6-4-7-18(17)25(28-22)19-5-2-3-8-21(19)27/h2-6,8-14,17-18,25,28-29H,7H2,1H3/t17-,18+,25-/m0/s1. The van der Waals surface area contributed by atoms with Gasteiger partial charge in [0, 0.05) is 22.2 Å². The van der Waals surface area contributed by atoms with Crippen molar-refractivity contribution in [2.75, 3.05) is 17.1 Å². The van der Waals surface area contributed by atoms with Crippen molar-refractivity contribution in [1.29, 1.82) is 0 Å². The first-order valence-corrected chi connectivity index (χ1v) is 12.4. The Kier molecular flexibility index (Phi) is 5.54. The van der Waals surface area contributed by atoms with Gasteiger partial charge in [-0.05, 0) is 60.4 Å². The molecule has 3 aromatic carbocycles. The first kappa shape index (κ1) is 21.8. The van der Waals surface area contributed by atoms with Crippen LogP contribution in [0.5, 0.6) is 5.75 Å². The summed E-state index contributed by atoms with van der Waals surface area (Å²) < 4.78 is 48.8. The van der Waals surface area contributed by atoms with Crippen LogP contribution < -0.4 is 14.8 Å². The number of rotatable bonds is 5. The fourth-order valence-corrected chi connectivity index (χ4v) is 6.01. The van der Waals surface area contributed by atoms with Gasteiger partial charge in [0.15, 0.2) is 0 Å². The van der Waals surface area contributed by atoms with Crippen molar-refractivity contribution in [3.05, 3.63) is 94.8 Å². The van der Waals surface area contributed by atoms with Crippen LogP contribution in [0, 0.1) is 11.7 Å². The molecule has 2 N–H and O–H groups in total. The van der Waals surface area contributed by atoms with E-state index in [2.05, 4.69) is 22.2 Å². The molecular weight excluding hydrogens is 463 g/mol. The monoisotopic (exact) mass is 484 g/mol. The van der Waals surface area contributed by atoms with Crippen molar-refractivity contribution in [2.24, 2.45) is 5.92 Å². The van der Waals surface area contributed by atoms with Crippen molar-refractivity contribution in [1.82, 2.24) is 0 Å². The fourth-order valence-electron chi connectivity index (χ4n) is 4.74. The van der Waals surface area contributed by atoms with Crippen LogP contribution >= 0.6 is 11.6 Å². The first-order valence-electron chi connectivity index (χ1n) is 10.6. The molecule has 0 radical (unpaired) electrons. The van der Waals surface area contributed by atoms with Gasteiger partial charge in [-0.15, -0.1) is 0 Å². The normalized spacial score (nSPS) is 21.1. The Bertz CT molecular complexity index is 1360. The molecule has 0 fully saturated rings. The lowest BCUT2D eigenvalue weighted by atomic mass is 9.77. The van der Waals surface area contributed by atoms with Crippen molar-refractivity contribution < 1.29 is 17.5 Å². The predicted molar refractivity (Wildman–Crippen MR) is 128 cm³/mol. The molecule has 1 aliphatic carbocycles. The van der Waals surface area contributed by atoms with E-state index in [4.69, 9.17) is 16.3 Å². The summed E-state index contributed by atoms with van der Waals surface area (Å²) in [5, 5.41) is 3.84. The molecule has 170 valence electrons. The molecule has 33 heavy (non-hydrogen) atoms.